The molecule has 0 fully saturated rings. The van der Waals surface area contributed by atoms with Crippen LogP contribution in [0.1, 0.15) is 15.9 Å². The van der Waals surface area contributed by atoms with Gasteiger partial charge in [-0.3, -0.25) is 0 Å². The number of aromatic carboxylic acids is 1. The van der Waals surface area contributed by atoms with Gasteiger partial charge in [-0.2, -0.15) is 21.6 Å². The Morgan fingerprint density at radius 2 is 1.95 bits per heavy atom. The Morgan fingerprint density at radius 3 is 2.37 bits per heavy atom. The molecule has 1 N–H and O–H groups in total. The maximum absolute atomic E-state index is 12.2. The van der Waals surface area contributed by atoms with Gasteiger partial charge in [0.25, 0.3) is 0 Å². The molecule has 10 heteroatoms. The molecule has 0 atom stereocenters. The topological polar surface area (TPSA) is 80.7 Å². The number of halogens is 4. The minimum absolute atomic E-state index is 0.190. The second-order valence-electron chi connectivity index (χ2n) is 3.25. The highest BCUT2D eigenvalue weighted by Gasteiger charge is 2.49. The lowest BCUT2D eigenvalue weighted by Gasteiger charge is -2.12. The molecule has 1 rings (SSSR count). The van der Waals surface area contributed by atoms with Crippen LogP contribution in [-0.2, 0) is 15.4 Å². The lowest BCUT2D eigenvalue weighted by atomic mass is 10.1. The summed E-state index contributed by atoms with van der Waals surface area (Å²) in [4.78, 5) is 10.8. The van der Waals surface area contributed by atoms with E-state index in [1.807, 2.05) is 0 Å². The number of carbonyl (C=O) groups is 1. The summed E-state index contributed by atoms with van der Waals surface area (Å²) in [6.07, 6.45) is 0. The molecule has 0 saturated carbocycles. The molecule has 5 nitrogen and oxygen atoms in total. The van der Waals surface area contributed by atoms with Crippen molar-refractivity contribution in [2.45, 2.75) is 10.8 Å². The molecule has 0 spiro atoms. The van der Waals surface area contributed by atoms with Crippen molar-refractivity contribution in [2.75, 3.05) is 0 Å². The number of carboxylic acids is 1. The summed E-state index contributed by atoms with van der Waals surface area (Å²) in [5.74, 6) is -2.49. The van der Waals surface area contributed by atoms with E-state index in [1.54, 1.807) is 0 Å². The first-order chi connectivity index (χ1) is 8.58. The summed E-state index contributed by atoms with van der Waals surface area (Å²) >= 11 is 3.00. The number of hydrogen-bond donors (Lipinski definition) is 1. The van der Waals surface area contributed by atoms with E-state index in [-0.39, 0.29) is 5.33 Å². The average molecular weight is 363 g/mol. The van der Waals surface area contributed by atoms with Crippen molar-refractivity contribution in [1.82, 2.24) is 0 Å². The Labute approximate surface area is 114 Å². The van der Waals surface area contributed by atoms with Crippen LogP contribution >= 0.6 is 15.9 Å². The minimum atomic E-state index is -5.91. The molecule has 19 heavy (non-hydrogen) atoms. The zero-order valence-corrected chi connectivity index (χ0v) is 11.3. The van der Waals surface area contributed by atoms with E-state index in [2.05, 4.69) is 20.1 Å². The van der Waals surface area contributed by atoms with Crippen LogP contribution in [-0.4, -0.2) is 25.0 Å². The molecule has 0 unspecified atom stereocenters. The third-order valence-electron chi connectivity index (χ3n) is 1.91. The SMILES string of the molecule is O=C(O)c1ccc(CBr)cc1OS(=O)(=O)C(F)(F)F. The molecular weight excluding hydrogens is 357 g/mol. The Bertz CT molecular complexity index is 596. The van der Waals surface area contributed by atoms with Gasteiger partial charge in [-0.05, 0) is 17.7 Å². The van der Waals surface area contributed by atoms with Crippen molar-refractivity contribution in [3.8, 4) is 5.75 Å². The predicted molar refractivity (Wildman–Crippen MR) is 61.6 cm³/mol. The van der Waals surface area contributed by atoms with Gasteiger partial charge in [0, 0.05) is 5.33 Å². The molecule has 0 aromatic heterocycles. The molecule has 0 heterocycles. The largest absolute Gasteiger partial charge is 0.534 e. The highest BCUT2D eigenvalue weighted by atomic mass is 79.9. The van der Waals surface area contributed by atoms with Gasteiger partial charge in [-0.1, -0.05) is 22.0 Å². The average Bonchev–Trinajstić information content (AvgIpc) is 2.26. The van der Waals surface area contributed by atoms with Gasteiger partial charge in [-0.15, -0.1) is 0 Å². The van der Waals surface area contributed by atoms with Crippen LogP contribution in [0.3, 0.4) is 0 Å². The van der Waals surface area contributed by atoms with Gasteiger partial charge < -0.3 is 9.29 Å². The van der Waals surface area contributed by atoms with Crippen molar-refractivity contribution in [3.05, 3.63) is 29.3 Å². The van der Waals surface area contributed by atoms with Crippen LogP contribution < -0.4 is 4.18 Å². The molecule has 0 aliphatic rings. The van der Waals surface area contributed by atoms with Crippen LogP contribution in [0, 0.1) is 0 Å². The molecular formula is C9H6BrF3O5S. The second kappa shape index (κ2) is 5.37. The molecule has 0 bridgehead atoms. The maximum Gasteiger partial charge on any atom is 0.534 e. The summed E-state index contributed by atoms with van der Waals surface area (Å²) in [6.45, 7) is 0. The van der Waals surface area contributed by atoms with E-state index in [0.717, 1.165) is 12.1 Å². The predicted octanol–water partition coefficient (Wildman–Crippen LogP) is 2.51. The monoisotopic (exact) mass is 362 g/mol. The number of carboxylic acid groups (broad SMARTS) is 1. The van der Waals surface area contributed by atoms with Crippen molar-refractivity contribution in [2.24, 2.45) is 0 Å². The third kappa shape index (κ3) is 3.60. The Balaban J connectivity index is 3.30. The van der Waals surface area contributed by atoms with E-state index in [1.165, 1.54) is 6.07 Å². The van der Waals surface area contributed by atoms with E-state index in [4.69, 9.17) is 5.11 Å². The van der Waals surface area contributed by atoms with Crippen LogP contribution in [0.2, 0.25) is 0 Å². The van der Waals surface area contributed by atoms with Gasteiger partial charge in [0.1, 0.15) is 5.56 Å². The summed E-state index contributed by atoms with van der Waals surface area (Å²) in [5, 5.41) is 8.95. The number of alkyl halides is 4. The Hall–Kier alpha value is -1.29. The van der Waals surface area contributed by atoms with E-state index < -0.39 is 32.9 Å². The summed E-state index contributed by atoms with van der Waals surface area (Å²) in [5.41, 5.74) is -5.96. The van der Waals surface area contributed by atoms with Crippen molar-refractivity contribution >= 4 is 32.0 Å². The standard InChI is InChI=1S/C9H6BrF3O5S/c10-4-5-1-2-6(8(14)15)7(3-5)18-19(16,17)9(11,12)13/h1-3H,4H2,(H,14,15). The smallest absolute Gasteiger partial charge is 0.478 e. The summed E-state index contributed by atoms with van der Waals surface area (Å²) < 4.78 is 62.0. The zero-order chi connectivity index (χ0) is 14.8. The minimum Gasteiger partial charge on any atom is -0.478 e. The quantitative estimate of drug-likeness (QED) is 0.505. The molecule has 0 radical (unpaired) electrons. The van der Waals surface area contributed by atoms with Gasteiger partial charge >= 0.3 is 21.6 Å². The van der Waals surface area contributed by atoms with E-state index >= 15 is 0 Å². The summed E-state index contributed by atoms with van der Waals surface area (Å²) in [7, 11) is -5.91. The van der Waals surface area contributed by atoms with Gasteiger partial charge in [0.15, 0.2) is 5.75 Å². The number of rotatable bonds is 4. The van der Waals surface area contributed by atoms with Crippen LogP contribution in [0.15, 0.2) is 18.2 Å². The lowest BCUT2D eigenvalue weighted by Crippen LogP contribution is -2.28. The first-order valence-corrected chi connectivity index (χ1v) is 7.04. The second-order valence-corrected chi connectivity index (χ2v) is 5.35. The van der Waals surface area contributed by atoms with Crippen LogP contribution in [0.4, 0.5) is 13.2 Å². The Morgan fingerprint density at radius 1 is 1.37 bits per heavy atom. The lowest BCUT2D eigenvalue weighted by molar-refractivity contribution is -0.0500. The molecule has 0 aliphatic heterocycles. The van der Waals surface area contributed by atoms with Crippen molar-refractivity contribution in [1.29, 1.82) is 0 Å². The fraction of sp³-hybridized carbons (Fsp3) is 0.222. The molecule has 1 aromatic rings. The fourth-order valence-corrected chi connectivity index (χ4v) is 1.88. The highest BCUT2D eigenvalue weighted by Crippen LogP contribution is 2.30. The summed E-state index contributed by atoms with van der Waals surface area (Å²) in [6, 6.07) is 3.17. The van der Waals surface area contributed by atoms with Gasteiger partial charge in [-0.25, -0.2) is 4.79 Å². The van der Waals surface area contributed by atoms with Crippen molar-refractivity contribution in [3.63, 3.8) is 0 Å². The highest BCUT2D eigenvalue weighted by molar-refractivity contribution is 9.08. The van der Waals surface area contributed by atoms with Gasteiger partial charge in [0.2, 0.25) is 0 Å². The number of benzene rings is 1. The third-order valence-corrected chi connectivity index (χ3v) is 3.53. The first kappa shape index (κ1) is 15.8. The molecule has 0 amide bonds. The fourth-order valence-electron chi connectivity index (χ4n) is 1.06. The zero-order valence-electron chi connectivity index (χ0n) is 8.94. The molecule has 0 saturated heterocycles. The van der Waals surface area contributed by atoms with E-state index in [0.29, 0.717) is 5.56 Å². The normalized spacial score (nSPS) is 12.2. The molecule has 1 aromatic carbocycles. The van der Waals surface area contributed by atoms with Crippen LogP contribution in [0.5, 0.6) is 5.75 Å². The van der Waals surface area contributed by atoms with Gasteiger partial charge in [0.05, 0.1) is 0 Å². The molecule has 106 valence electrons. The Kier molecular flexibility index (Phi) is 4.46. The van der Waals surface area contributed by atoms with E-state index in [9.17, 15) is 26.4 Å². The van der Waals surface area contributed by atoms with Crippen LogP contribution in [0.25, 0.3) is 0 Å². The molecule has 0 aliphatic carbocycles. The number of hydrogen-bond acceptors (Lipinski definition) is 4. The maximum atomic E-state index is 12.2. The first-order valence-electron chi connectivity index (χ1n) is 4.51. The van der Waals surface area contributed by atoms with Crippen molar-refractivity contribution < 1.29 is 35.7 Å².